The summed E-state index contributed by atoms with van der Waals surface area (Å²) in [5.41, 5.74) is -9.62. The van der Waals surface area contributed by atoms with Gasteiger partial charge in [-0.1, -0.05) is 199 Å². The van der Waals surface area contributed by atoms with E-state index in [0.29, 0.717) is 0 Å². The highest BCUT2D eigenvalue weighted by Crippen LogP contribution is 2.54. The lowest BCUT2D eigenvalue weighted by atomic mass is 9.84. The van der Waals surface area contributed by atoms with Crippen LogP contribution >= 0.6 is 0 Å². The van der Waals surface area contributed by atoms with Crippen LogP contribution in [0.4, 0.5) is 0 Å². The molecule has 0 N–H and O–H groups in total. The number of furan rings is 1. The first-order chi connectivity index (χ1) is 44.0. The Hall–Kier alpha value is -8.14. The van der Waals surface area contributed by atoms with Crippen molar-refractivity contribution in [1.82, 2.24) is 9.97 Å². The first-order valence-electron chi connectivity index (χ1n) is 34.5. The number of benzene rings is 9. The molecule has 12 aromatic rings. The van der Waals surface area contributed by atoms with Crippen molar-refractivity contribution in [2.24, 2.45) is 0 Å². The van der Waals surface area contributed by atoms with Crippen molar-refractivity contribution in [3.63, 3.8) is 0 Å². The lowest BCUT2D eigenvalue weighted by molar-refractivity contribution is 0.600. The van der Waals surface area contributed by atoms with Crippen LogP contribution < -0.4 is 0 Å². The molecule has 0 atom stereocenters. The molecule has 3 heteroatoms. The molecule has 3 nitrogen and oxygen atoms in total. The summed E-state index contributed by atoms with van der Waals surface area (Å²) in [6, 6.07) is -29.0. The summed E-state index contributed by atoms with van der Waals surface area (Å²) in [5.74, 6) is -1.90. The molecule has 0 bridgehead atoms. The van der Waals surface area contributed by atoms with Crippen LogP contribution in [0, 0.1) is 0 Å². The zero-order chi connectivity index (χ0) is 69.0. The van der Waals surface area contributed by atoms with Gasteiger partial charge in [-0.25, -0.2) is 4.98 Å². The van der Waals surface area contributed by atoms with Gasteiger partial charge in [0, 0.05) is 44.8 Å². The lowest BCUT2D eigenvalue weighted by Gasteiger charge is -2.18. The van der Waals surface area contributed by atoms with E-state index < -0.39 is 321 Å². The summed E-state index contributed by atoms with van der Waals surface area (Å²) in [5, 5.41) is -6.19. The summed E-state index contributed by atoms with van der Waals surface area (Å²) < 4.78 is 311. The van der Waals surface area contributed by atoms with E-state index in [9.17, 15) is 21.9 Å². The quantitative estimate of drug-likeness (QED) is 0.124. The second-order valence-electron chi connectivity index (χ2n) is 13.1. The lowest BCUT2D eigenvalue weighted by Crippen LogP contribution is -1.93. The highest BCUT2D eigenvalue weighted by atomic mass is 16.3. The van der Waals surface area contributed by atoms with Gasteiger partial charge in [-0.2, -0.15) is 0 Å². The van der Waals surface area contributed by atoms with E-state index in [2.05, 4.69) is 9.97 Å². The topological polar surface area (TPSA) is 38.9 Å². The first-order valence-corrected chi connectivity index (χ1v) is 18.0. The molecule has 0 aliphatic rings. The molecular weight excluding hydrogens is 741 g/mol. The zero-order valence-corrected chi connectivity index (χ0v) is 30.5. The number of aromatic nitrogens is 2. The van der Waals surface area contributed by atoms with Gasteiger partial charge in [-0.05, 0) is 66.7 Å². The van der Waals surface area contributed by atoms with Gasteiger partial charge in [0.2, 0.25) is 0 Å². The number of hydrogen-bond acceptors (Lipinski definition) is 3. The van der Waals surface area contributed by atoms with Gasteiger partial charge in [0.15, 0.2) is 0 Å². The van der Waals surface area contributed by atoms with Crippen molar-refractivity contribution in [2.45, 2.75) is 0 Å². The van der Waals surface area contributed by atoms with Crippen LogP contribution in [0.2, 0.25) is 0 Å². The Morgan fingerprint density at radius 2 is 0.902 bits per heavy atom. The van der Waals surface area contributed by atoms with Gasteiger partial charge in [0.1, 0.15) is 11.5 Å². The summed E-state index contributed by atoms with van der Waals surface area (Å²) in [6.07, 6.45) is -0.831. The van der Waals surface area contributed by atoms with Gasteiger partial charge >= 0.3 is 0 Å². The fourth-order valence-electron chi connectivity index (χ4n) is 7.35. The Bertz CT molecular complexity index is 5470. The Morgan fingerprint density at radius 1 is 0.361 bits per heavy atom. The molecule has 3 aromatic heterocycles. The molecular formula is C58H36N2O. The van der Waals surface area contributed by atoms with E-state index in [1.54, 1.807) is 0 Å². The molecule has 0 aliphatic heterocycles. The summed E-state index contributed by atoms with van der Waals surface area (Å²) in [6.45, 7) is 0. The Morgan fingerprint density at radius 3 is 1.59 bits per heavy atom. The third kappa shape index (κ3) is 5.66. The average Bonchev–Trinajstić information content (AvgIpc) is 1.17. The SMILES string of the molecule is [2H]c1cccc(-c2oc(-c3c4c([2H])c([2H])c([2H])c([2H])c4c(-c4c([2H])c([2H])c([2H])c([2H])c4[2H])c4c([2H])c([2H])c([2H])c([2H])c34)c(-c3c([2H])c([2H])c([2H])c([2H])c3[2H])c2-c2c([2H])c([2H])c(-c3nc4c(c([2H])c3[2H])c([2H])c([2H])c3c([2H])c([2H])c([2H])nc34)c3c([2H])c([2H])c([2H])c([2H])c23)c1[2H]. The summed E-state index contributed by atoms with van der Waals surface area (Å²) in [7, 11) is 0. The van der Waals surface area contributed by atoms with E-state index in [1.807, 2.05) is 0 Å². The Kier molecular flexibility index (Phi) is 3.55. The van der Waals surface area contributed by atoms with Crippen LogP contribution in [0.15, 0.2) is 222 Å². The summed E-state index contributed by atoms with van der Waals surface area (Å²) >= 11 is 0. The maximum absolute atomic E-state index is 10.3. The van der Waals surface area contributed by atoms with Crippen LogP contribution in [0.3, 0.4) is 0 Å². The molecule has 0 saturated heterocycles. The Balaban J connectivity index is 1.42. The standard InChI is InChI=1S/C58H36N2O/c1-4-17-37(18-5-1)51-45-26-12-14-28-47(45)53(48-29-15-13-27-46(48)51)58-52(38-19-6-2-7-20-38)54(57(61-58)41-21-8-3-9-22-41)49-34-33-44(42-24-10-11-25-43(42)49)50-35-32-40-31-30-39-23-16-36-59-55(39)56(40)60-50/h1-36H/i1D,2D,4D,5D,6D,7D,8D,10D,11D,12D,13D,14D,15D,16D,17D,18D,19D,20D,21D,23D,24D,25D,26D,27D,28D,29D,30D,31D,32D,33D,34D,35D,36D. The molecule has 0 amide bonds. The normalized spacial score (nSPS) is 19.2. The van der Waals surface area contributed by atoms with Gasteiger partial charge in [0.25, 0.3) is 0 Å². The number of hydrogen-bond donors (Lipinski definition) is 0. The van der Waals surface area contributed by atoms with Crippen LogP contribution in [-0.4, -0.2) is 9.97 Å². The Labute approximate surface area is 399 Å². The first kappa shape index (κ1) is 15.2. The minimum atomic E-state index is -1.20. The van der Waals surface area contributed by atoms with E-state index in [-0.39, 0.29) is 0 Å². The molecule has 0 radical (unpaired) electrons. The number of nitrogens with zero attached hydrogens (tertiary/aromatic N) is 2. The van der Waals surface area contributed by atoms with E-state index in [1.165, 1.54) is 6.07 Å². The van der Waals surface area contributed by atoms with Crippen molar-refractivity contribution >= 4 is 54.1 Å². The van der Waals surface area contributed by atoms with Gasteiger partial charge in [0.05, 0.1) is 62.0 Å². The largest absolute Gasteiger partial charge is 0.455 e. The smallest absolute Gasteiger partial charge is 0.144 e. The second kappa shape index (κ2) is 14.3. The van der Waals surface area contributed by atoms with E-state index in [4.69, 9.17) is 27.7 Å². The maximum atomic E-state index is 10.3. The van der Waals surface area contributed by atoms with Crippen LogP contribution in [0.25, 0.3) is 121 Å². The highest BCUT2D eigenvalue weighted by Gasteiger charge is 2.29. The van der Waals surface area contributed by atoms with Crippen LogP contribution in [0.5, 0.6) is 0 Å². The molecule has 0 spiro atoms. The van der Waals surface area contributed by atoms with Crippen LogP contribution in [0.1, 0.15) is 45.2 Å². The fourth-order valence-corrected chi connectivity index (χ4v) is 7.35. The van der Waals surface area contributed by atoms with Crippen molar-refractivity contribution in [3.8, 4) is 67.3 Å². The molecule has 284 valence electrons. The minimum Gasteiger partial charge on any atom is -0.455 e. The number of rotatable bonds is 6. The molecule has 0 unspecified atom stereocenters. The highest BCUT2D eigenvalue weighted by molar-refractivity contribution is 6.23. The van der Waals surface area contributed by atoms with Crippen molar-refractivity contribution in [3.05, 3.63) is 218 Å². The molecule has 12 rings (SSSR count). The van der Waals surface area contributed by atoms with Crippen LogP contribution in [-0.2, 0) is 0 Å². The fraction of sp³-hybridized carbons (Fsp3) is 0. The maximum Gasteiger partial charge on any atom is 0.144 e. The third-order valence-corrected chi connectivity index (χ3v) is 9.84. The third-order valence-electron chi connectivity index (χ3n) is 9.84. The van der Waals surface area contributed by atoms with Gasteiger partial charge in [-0.3, -0.25) is 4.98 Å². The average molecular weight is 810 g/mol. The van der Waals surface area contributed by atoms with Crippen molar-refractivity contribution in [1.29, 1.82) is 0 Å². The molecule has 61 heavy (non-hydrogen) atoms. The number of pyridine rings is 2. The number of fused-ring (bicyclic) bond motifs is 6. The summed E-state index contributed by atoms with van der Waals surface area (Å²) in [4.78, 5) is 8.59. The molecule has 3 heterocycles. The van der Waals surface area contributed by atoms with E-state index >= 15 is 0 Å². The molecule has 0 aliphatic carbocycles. The van der Waals surface area contributed by atoms with Crippen molar-refractivity contribution in [2.75, 3.05) is 0 Å². The molecule has 0 saturated carbocycles. The molecule has 0 fully saturated rings. The van der Waals surface area contributed by atoms with E-state index in [0.717, 1.165) is 12.1 Å². The second-order valence-corrected chi connectivity index (χ2v) is 13.1. The monoisotopic (exact) mass is 809 g/mol. The predicted octanol–water partition coefficient (Wildman–Crippen LogP) is 15.8. The zero-order valence-electron chi connectivity index (χ0n) is 63.5. The van der Waals surface area contributed by atoms with Gasteiger partial charge < -0.3 is 4.42 Å². The van der Waals surface area contributed by atoms with Gasteiger partial charge in [-0.15, -0.1) is 0 Å². The molecule has 9 aromatic carbocycles. The van der Waals surface area contributed by atoms with Crippen molar-refractivity contribution < 1.29 is 49.7 Å². The minimum absolute atomic E-state index is 0.507. The predicted molar refractivity (Wildman–Crippen MR) is 254 cm³/mol.